The Morgan fingerprint density at radius 1 is 1.33 bits per heavy atom. The fourth-order valence-corrected chi connectivity index (χ4v) is 3.10. The number of hydrogen-bond donors (Lipinski definition) is 2. The lowest BCUT2D eigenvalue weighted by Gasteiger charge is -2.16. The highest BCUT2D eigenvalue weighted by atomic mass is 16.5. The maximum Gasteiger partial charge on any atom is 0.269 e. The van der Waals surface area contributed by atoms with E-state index in [0.717, 1.165) is 0 Å². The third-order valence-corrected chi connectivity index (χ3v) is 4.68. The minimum absolute atomic E-state index is 0.118. The number of carbonyl (C=O) groups is 2. The standard InChI is InChI=1S/C18H17N5O4/c1-22-8-6-18(26,17(22)25)15-10-14(21-27-15)11-3-2-4-12(9-11)23-7-5-13(20-23)16(19)24/h2-5,7,9-10,26H,6,8H2,1H3,(H2,19,24). The van der Waals surface area contributed by atoms with E-state index in [0.29, 0.717) is 23.5 Å². The predicted octanol–water partition coefficient (Wildman–Crippen LogP) is 0.676. The van der Waals surface area contributed by atoms with E-state index in [1.165, 1.54) is 15.6 Å². The first-order valence-corrected chi connectivity index (χ1v) is 8.30. The highest BCUT2D eigenvalue weighted by molar-refractivity contribution is 5.90. The number of aromatic nitrogens is 3. The van der Waals surface area contributed by atoms with Gasteiger partial charge in [-0.25, -0.2) is 4.68 Å². The number of nitrogens with zero attached hydrogens (tertiary/aromatic N) is 4. The molecule has 1 unspecified atom stereocenters. The summed E-state index contributed by atoms with van der Waals surface area (Å²) in [6, 6.07) is 10.3. The molecule has 3 aromatic rings. The smallest absolute Gasteiger partial charge is 0.269 e. The predicted molar refractivity (Wildman–Crippen MR) is 93.7 cm³/mol. The zero-order chi connectivity index (χ0) is 19.2. The molecule has 0 saturated carbocycles. The maximum atomic E-state index is 12.2. The van der Waals surface area contributed by atoms with Crippen LogP contribution in [0.4, 0.5) is 0 Å². The van der Waals surface area contributed by atoms with E-state index in [1.54, 1.807) is 31.4 Å². The van der Waals surface area contributed by atoms with Gasteiger partial charge in [0.1, 0.15) is 11.4 Å². The van der Waals surface area contributed by atoms with Gasteiger partial charge in [0, 0.05) is 37.8 Å². The van der Waals surface area contributed by atoms with Crippen LogP contribution >= 0.6 is 0 Å². The molecule has 1 aliphatic rings. The maximum absolute atomic E-state index is 12.2. The Morgan fingerprint density at radius 3 is 2.81 bits per heavy atom. The van der Waals surface area contributed by atoms with Gasteiger partial charge in [0.25, 0.3) is 11.8 Å². The Labute approximate surface area is 154 Å². The van der Waals surface area contributed by atoms with E-state index in [4.69, 9.17) is 10.3 Å². The number of likely N-dealkylation sites (tertiary alicyclic amines) is 1. The van der Waals surface area contributed by atoms with Crippen LogP contribution < -0.4 is 5.73 Å². The van der Waals surface area contributed by atoms with E-state index in [1.807, 2.05) is 12.1 Å². The van der Waals surface area contributed by atoms with E-state index in [2.05, 4.69) is 10.3 Å². The molecule has 27 heavy (non-hydrogen) atoms. The van der Waals surface area contributed by atoms with Gasteiger partial charge < -0.3 is 20.3 Å². The van der Waals surface area contributed by atoms with Crippen molar-refractivity contribution in [3.05, 3.63) is 54.0 Å². The van der Waals surface area contributed by atoms with Crippen molar-refractivity contribution in [3.8, 4) is 16.9 Å². The summed E-state index contributed by atoms with van der Waals surface area (Å²) < 4.78 is 6.80. The monoisotopic (exact) mass is 367 g/mol. The lowest BCUT2D eigenvalue weighted by atomic mass is 9.98. The molecule has 0 spiro atoms. The lowest BCUT2D eigenvalue weighted by Crippen LogP contribution is -2.35. The number of aliphatic hydroxyl groups is 1. The van der Waals surface area contributed by atoms with Gasteiger partial charge in [0.2, 0.25) is 5.60 Å². The molecule has 0 bridgehead atoms. The van der Waals surface area contributed by atoms with Crippen LogP contribution in [-0.4, -0.2) is 50.4 Å². The number of hydrogen-bond acceptors (Lipinski definition) is 6. The summed E-state index contributed by atoms with van der Waals surface area (Å²) in [6.45, 7) is 0.447. The van der Waals surface area contributed by atoms with Gasteiger partial charge in [-0.2, -0.15) is 5.10 Å². The van der Waals surface area contributed by atoms with Crippen LogP contribution in [0.2, 0.25) is 0 Å². The third-order valence-electron chi connectivity index (χ3n) is 4.68. The normalized spacial score (nSPS) is 19.6. The molecule has 0 aliphatic carbocycles. The van der Waals surface area contributed by atoms with E-state index < -0.39 is 17.4 Å². The van der Waals surface area contributed by atoms with Crippen molar-refractivity contribution in [2.75, 3.05) is 13.6 Å². The topological polar surface area (TPSA) is 127 Å². The van der Waals surface area contributed by atoms with Gasteiger partial charge in [-0.3, -0.25) is 9.59 Å². The SMILES string of the molecule is CN1CCC(O)(c2cc(-c3cccc(-n4ccc(C(N)=O)n4)c3)no2)C1=O. The summed E-state index contributed by atoms with van der Waals surface area (Å²) in [5.74, 6) is -0.896. The van der Waals surface area contributed by atoms with Gasteiger partial charge in [-0.05, 0) is 18.2 Å². The Bertz CT molecular complexity index is 1040. The van der Waals surface area contributed by atoms with Crippen molar-refractivity contribution in [1.29, 1.82) is 0 Å². The highest BCUT2D eigenvalue weighted by Crippen LogP contribution is 2.34. The fraction of sp³-hybridized carbons (Fsp3) is 0.222. The largest absolute Gasteiger partial charge is 0.373 e. The molecule has 1 fully saturated rings. The van der Waals surface area contributed by atoms with Crippen LogP contribution in [0.5, 0.6) is 0 Å². The Morgan fingerprint density at radius 2 is 2.15 bits per heavy atom. The molecule has 9 nitrogen and oxygen atoms in total. The molecule has 1 aromatic carbocycles. The summed E-state index contributed by atoms with van der Waals surface area (Å²) in [6.07, 6.45) is 1.88. The minimum Gasteiger partial charge on any atom is -0.373 e. The number of likely N-dealkylation sites (N-methyl/N-ethyl adjacent to an activating group) is 1. The first-order valence-electron chi connectivity index (χ1n) is 8.30. The number of amides is 2. The van der Waals surface area contributed by atoms with Gasteiger partial charge >= 0.3 is 0 Å². The van der Waals surface area contributed by atoms with E-state index in [-0.39, 0.29) is 17.9 Å². The first kappa shape index (κ1) is 17.0. The van der Waals surface area contributed by atoms with Crippen molar-refractivity contribution in [2.45, 2.75) is 12.0 Å². The van der Waals surface area contributed by atoms with Gasteiger partial charge in [0.05, 0.1) is 5.69 Å². The second kappa shape index (κ2) is 6.06. The Hall–Kier alpha value is -3.46. The van der Waals surface area contributed by atoms with Crippen LogP contribution in [0, 0.1) is 0 Å². The lowest BCUT2D eigenvalue weighted by molar-refractivity contribution is -0.144. The zero-order valence-corrected chi connectivity index (χ0v) is 14.5. The summed E-state index contributed by atoms with van der Waals surface area (Å²) in [7, 11) is 1.63. The second-order valence-corrected chi connectivity index (χ2v) is 6.47. The van der Waals surface area contributed by atoms with Crippen molar-refractivity contribution < 1.29 is 19.2 Å². The molecule has 1 saturated heterocycles. The first-order chi connectivity index (χ1) is 12.9. The average molecular weight is 367 g/mol. The number of primary amides is 1. The van der Waals surface area contributed by atoms with Crippen LogP contribution in [-0.2, 0) is 10.4 Å². The molecule has 3 N–H and O–H groups in total. The molecule has 2 amide bonds. The molecule has 138 valence electrons. The Kier molecular flexibility index (Phi) is 3.81. The van der Waals surface area contributed by atoms with Crippen LogP contribution in [0.1, 0.15) is 22.7 Å². The van der Waals surface area contributed by atoms with Crippen molar-refractivity contribution in [3.63, 3.8) is 0 Å². The molecule has 0 radical (unpaired) electrons. The van der Waals surface area contributed by atoms with E-state index in [9.17, 15) is 14.7 Å². The quantitative estimate of drug-likeness (QED) is 0.698. The molecule has 9 heteroatoms. The molecule has 4 rings (SSSR count). The van der Waals surface area contributed by atoms with E-state index >= 15 is 0 Å². The number of nitrogens with two attached hydrogens (primary N) is 1. The summed E-state index contributed by atoms with van der Waals surface area (Å²) >= 11 is 0. The molecule has 3 heterocycles. The molecule has 1 aliphatic heterocycles. The molecule has 2 aromatic heterocycles. The second-order valence-electron chi connectivity index (χ2n) is 6.47. The van der Waals surface area contributed by atoms with Gasteiger partial charge in [-0.1, -0.05) is 17.3 Å². The van der Waals surface area contributed by atoms with Crippen LogP contribution in [0.15, 0.2) is 47.1 Å². The van der Waals surface area contributed by atoms with Crippen LogP contribution in [0.25, 0.3) is 16.9 Å². The average Bonchev–Trinajstić information content (AvgIpc) is 3.39. The summed E-state index contributed by atoms with van der Waals surface area (Å²) in [4.78, 5) is 24.9. The number of benzene rings is 1. The highest BCUT2D eigenvalue weighted by Gasteiger charge is 2.48. The Balaban J connectivity index is 1.66. The van der Waals surface area contributed by atoms with Crippen molar-refractivity contribution in [1.82, 2.24) is 19.8 Å². The molecule has 1 atom stereocenters. The minimum atomic E-state index is -1.68. The summed E-state index contributed by atoms with van der Waals surface area (Å²) in [5.41, 5.74) is 5.59. The van der Waals surface area contributed by atoms with Crippen LogP contribution in [0.3, 0.4) is 0 Å². The van der Waals surface area contributed by atoms with Crippen molar-refractivity contribution >= 4 is 11.8 Å². The third kappa shape index (κ3) is 2.77. The fourth-order valence-electron chi connectivity index (χ4n) is 3.10. The number of rotatable bonds is 4. The number of carbonyl (C=O) groups excluding carboxylic acids is 2. The zero-order valence-electron chi connectivity index (χ0n) is 14.5. The molecular weight excluding hydrogens is 350 g/mol. The van der Waals surface area contributed by atoms with Gasteiger partial charge in [-0.15, -0.1) is 0 Å². The molecular formula is C18H17N5O4. The summed E-state index contributed by atoms with van der Waals surface area (Å²) in [5, 5.41) is 18.8. The van der Waals surface area contributed by atoms with Crippen molar-refractivity contribution in [2.24, 2.45) is 5.73 Å². The van der Waals surface area contributed by atoms with Gasteiger partial charge in [0.15, 0.2) is 5.76 Å².